The molecule has 0 N–H and O–H groups in total. The van der Waals surface area contributed by atoms with Gasteiger partial charge in [0.15, 0.2) is 0 Å². The average Bonchev–Trinajstić information content (AvgIpc) is 3.12. The molecule has 57 heavy (non-hydrogen) atoms. The van der Waals surface area contributed by atoms with E-state index in [0.717, 1.165) is 124 Å². The summed E-state index contributed by atoms with van der Waals surface area (Å²) in [4.78, 5) is 29.0. The third kappa shape index (κ3) is 16.2. The molecule has 312 valence electrons. The zero-order valence-electron chi connectivity index (χ0n) is 35.1. The van der Waals surface area contributed by atoms with Crippen LogP contribution < -0.4 is 0 Å². The first-order chi connectivity index (χ1) is 27.0. The molecule has 0 spiro atoms. The van der Waals surface area contributed by atoms with Gasteiger partial charge >= 0.3 is 0 Å². The first kappa shape index (κ1) is 46.0. The van der Waals surface area contributed by atoms with Crippen LogP contribution in [0, 0.1) is 27.7 Å². The summed E-state index contributed by atoms with van der Waals surface area (Å²) in [5.74, 6) is 0. The van der Waals surface area contributed by atoms with Crippen LogP contribution in [-0.2, 0) is 45.1 Å². The highest BCUT2D eigenvalue weighted by Gasteiger charge is 2.15. The van der Waals surface area contributed by atoms with Crippen molar-refractivity contribution in [2.75, 3.05) is 107 Å². The van der Waals surface area contributed by atoms with Gasteiger partial charge in [-0.05, 0) is 127 Å². The topological polar surface area (TPSA) is 101 Å². The van der Waals surface area contributed by atoms with Gasteiger partial charge in [-0.15, -0.1) is 0 Å². The molecule has 2 aliphatic rings. The Morgan fingerprint density at radius 2 is 0.579 bits per heavy atom. The maximum absolute atomic E-state index is 5.54. The molecule has 12 heteroatoms. The van der Waals surface area contributed by atoms with Crippen molar-refractivity contribution in [3.63, 3.8) is 0 Å². The summed E-state index contributed by atoms with van der Waals surface area (Å²) >= 11 is 0. The van der Waals surface area contributed by atoms with Gasteiger partial charge in [-0.2, -0.15) is 0 Å². The molecular weight excluding hydrogens is 717 g/mol. The van der Waals surface area contributed by atoms with Crippen molar-refractivity contribution < 1.29 is 18.9 Å². The van der Waals surface area contributed by atoms with Crippen LogP contribution in [0.4, 0.5) is 0 Å². The Morgan fingerprint density at radius 1 is 0.351 bits per heavy atom. The number of hydrogen-bond donors (Lipinski definition) is 0. The normalized spacial score (nSPS) is 18.1. The van der Waals surface area contributed by atoms with E-state index >= 15 is 0 Å². The minimum Gasteiger partial charge on any atom is -0.378 e. The summed E-state index contributed by atoms with van der Waals surface area (Å²) in [7, 11) is 8.39. The van der Waals surface area contributed by atoms with Gasteiger partial charge in [-0.3, -0.25) is 9.80 Å². The monoisotopic (exact) mass is 785 g/mol. The van der Waals surface area contributed by atoms with Gasteiger partial charge in [0.2, 0.25) is 0 Å². The summed E-state index contributed by atoms with van der Waals surface area (Å²) in [6.07, 6.45) is 0. The minimum atomic E-state index is 0. The molecular formula is C45H68N8O4. The fourth-order valence-electron chi connectivity index (χ4n) is 6.77. The Kier molecular flexibility index (Phi) is 19.1. The average molecular weight is 785 g/mol. The van der Waals surface area contributed by atoms with Crippen LogP contribution in [-0.4, -0.2) is 147 Å². The predicted octanol–water partition coefficient (Wildman–Crippen LogP) is 5.98. The lowest BCUT2D eigenvalue weighted by atomic mass is 10.1. The van der Waals surface area contributed by atoms with Gasteiger partial charge in [-0.1, -0.05) is 7.43 Å². The lowest BCUT2D eigenvalue weighted by Gasteiger charge is -2.20. The molecule has 0 aromatic carbocycles. The smallest absolute Gasteiger partial charge is 0.0892 e. The molecule has 1 saturated heterocycles. The SMILES string of the molecule is C.CN1CCOCCOCCN(C)CCOCCOCC1.Cc1cc2nc(c1)-c1cc(C)cc(n1)CN(C)Cc1cc(C)cc(n1)-c1cc(C)cc(n1)CN(C)C2. The van der Waals surface area contributed by atoms with Gasteiger partial charge in [-0.25, -0.2) is 19.9 Å². The van der Waals surface area contributed by atoms with E-state index in [-0.39, 0.29) is 7.43 Å². The molecule has 0 aliphatic carbocycles. The van der Waals surface area contributed by atoms with E-state index in [1.54, 1.807) is 0 Å². The molecule has 6 rings (SSSR count). The molecule has 1 fully saturated rings. The van der Waals surface area contributed by atoms with Crippen molar-refractivity contribution >= 4 is 0 Å². The lowest BCUT2D eigenvalue weighted by Crippen LogP contribution is -2.29. The van der Waals surface area contributed by atoms with Crippen molar-refractivity contribution in [1.29, 1.82) is 0 Å². The van der Waals surface area contributed by atoms with E-state index in [4.69, 9.17) is 38.9 Å². The molecule has 4 aromatic rings. The highest BCUT2D eigenvalue weighted by Crippen LogP contribution is 2.24. The van der Waals surface area contributed by atoms with Gasteiger partial charge in [0.1, 0.15) is 0 Å². The quantitative estimate of drug-likeness (QED) is 0.210. The highest BCUT2D eigenvalue weighted by molar-refractivity contribution is 5.58. The minimum absolute atomic E-state index is 0. The predicted molar refractivity (Wildman–Crippen MR) is 229 cm³/mol. The number of aryl methyl sites for hydroxylation is 4. The van der Waals surface area contributed by atoms with E-state index in [1.807, 2.05) is 0 Å². The maximum Gasteiger partial charge on any atom is 0.0892 e. The Labute approximate surface area is 342 Å². The van der Waals surface area contributed by atoms with Gasteiger partial charge in [0, 0.05) is 52.4 Å². The molecule has 6 heterocycles. The number of likely N-dealkylation sites (N-methyl/N-ethyl adjacent to an activating group) is 2. The summed E-state index contributed by atoms with van der Waals surface area (Å²) in [6.45, 7) is 20.7. The van der Waals surface area contributed by atoms with Crippen molar-refractivity contribution in [2.45, 2.75) is 61.3 Å². The van der Waals surface area contributed by atoms with Crippen molar-refractivity contribution in [3.8, 4) is 22.8 Å². The fraction of sp³-hybridized carbons (Fsp3) is 0.556. The van der Waals surface area contributed by atoms with Gasteiger partial charge < -0.3 is 28.7 Å². The summed E-state index contributed by atoms with van der Waals surface area (Å²) in [5.41, 5.74) is 12.6. The number of aromatic nitrogens is 4. The fourth-order valence-corrected chi connectivity index (χ4v) is 6.77. The van der Waals surface area contributed by atoms with E-state index in [9.17, 15) is 0 Å². The maximum atomic E-state index is 5.54. The van der Waals surface area contributed by atoms with Gasteiger partial charge in [0.25, 0.3) is 0 Å². The van der Waals surface area contributed by atoms with Crippen LogP contribution in [0.3, 0.4) is 0 Å². The van der Waals surface area contributed by atoms with Crippen molar-refractivity contribution in [1.82, 2.24) is 39.5 Å². The summed E-state index contributed by atoms with van der Waals surface area (Å²) in [6, 6.07) is 17.2. The number of nitrogens with zero attached hydrogens (tertiary/aromatic N) is 8. The Bertz CT molecular complexity index is 1570. The molecule has 8 bridgehead atoms. The first-order valence-electron chi connectivity index (χ1n) is 19.9. The zero-order valence-corrected chi connectivity index (χ0v) is 35.1. The van der Waals surface area contributed by atoms with E-state index < -0.39 is 0 Å². The second kappa shape index (κ2) is 23.6. The summed E-state index contributed by atoms with van der Waals surface area (Å²) < 4.78 is 22.1. The Hall–Kier alpha value is -3.72. The molecule has 0 amide bonds. The number of rotatable bonds is 0. The van der Waals surface area contributed by atoms with Crippen LogP contribution in [0.2, 0.25) is 0 Å². The van der Waals surface area contributed by atoms with Crippen LogP contribution in [0.1, 0.15) is 52.5 Å². The second-order valence-electron chi connectivity index (χ2n) is 15.5. The third-order valence-electron chi connectivity index (χ3n) is 9.56. The van der Waals surface area contributed by atoms with Crippen molar-refractivity contribution in [3.05, 3.63) is 93.6 Å². The molecule has 0 unspecified atom stereocenters. The van der Waals surface area contributed by atoms with Gasteiger partial charge in [0.05, 0.1) is 98.4 Å². The molecule has 12 nitrogen and oxygen atoms in total. The largest absolute Gasteiger partial charge is 0.378 e. The summed E-state index contributed by atoms with van der Waals surface area (Å²) in [5, 5.41) is 0. The molecule has 0 saturated carbocycles. The number of ether oxygens (including phenoxy) is 4. The van der Waals surface area contributed by atoms with Crippen LogP contribution in [0.5, 0.6) is 0 Å². The molecule has 0 radical (unpaired) electrons. The first-order valence-corrected chi connectivity index (χ1v) is 19.9. The number of pyridine rings is 4. The second-order valence-corrected chi connectivity index (χ2v) is 15.5. The Morgan fingerprint density at radius 3 is 0.807 bits per heavy atom. The Balaban J connectivity index is 0.000000293. The van der Waals surface area contributed by atoms with E-state index in [0.29, 0.717) is 26.4 Å². The van der Waals surface area contributed by atoms with Crippen LogP contribution in [0.25, 0.3) is 22.8 Å². The molecule has 0 atom stereocenters. The highest BCUT2D eigenvalue weighted by atomic mass is 16.5. The zero-order chi connectivity index (χ0) is 39.9. The molecule has 2 aliphatic heterocycles. The van der Waals surface area contributed by atoms with E-state index in [1.165, 1.54) is 22.3 Å². The van der Waals surface area contributed by atoms with Crippen molar-refractivity contribution in [2.24, 2.45) is 0 Å². The third-order valence-corrected chi connectivity index (χ3v) is 9.56. The number of fused-ring (bicyclic) bond motifs is 10. The van der Waals surface area contributed by atoms with E-state index in [2.05, 4.69) is 124 Å². The number of hydrogen-bond acceptors (Lipinski definition) is 12. The lowest BCUT2D eigenvalue weighted by molar-refractivity contribution is 0.0137. The van der Waals surface area contributed by atoms with Crippen LogP contribution in [0.15, 0.2) is 48.5 Å². The van der Waals surface area contributed by atoms with Crippen LogP contribution >= 0.6 is 0 Å². The standard InChI is InChI=1S/C30H34N6.C14H30N2O4.CH4/c1-19-7-23-15-35(5)16-25-9-21(3)13-29(33-25)30-14-22(4)10-26(34-30)18-36(6)17-24-8-20(2)12-28(32-24)27(11-19)31-23;1-15-3-7-17-11-13-19-9-5-16(2)6-10-20-14-12-18-8-4-15;/h7-14H,15-18H2,1-6H3;3-14H2,1-2H3;1H4. The molecule has 4 aromatic heterocycles.